The van der Waals surface area contributed by atoms with Gasteiger partial charge in [0.2, 0.25) is 17.6 Å². The highest BCUT2D eigenvalue weighted by atomic mass is 19.1. The second-order valence-electron chi connectivity index (χ2n) is 9.72. The first-order chi connectivity index (χ1) is 19.4. The van der Waals surface area contributed by atoms with Gasteiger partial charge < -0.3 is 10.2 Å². The van der Waals surface area contributed by atoms with Crippen LogP contribution >= 0.6 is 0 Å². The monoisotopic (exact) mass is 548 g/mol. The first-order valence-electron chi connectivity index (χ1n) is 13.0. The number of nitrogens with one attached hydrogen (secondary N) is 1. The van der Waals surface area contributed by atoms with Crippen LogP contribution in [0.4, 0.5) is 13.2 Å². The maximum Gasteiger partial charge on any atom is 0.247 e. The molecule has 0 saturated heterocycles. The number of amides is 2. The van der Waals surface area contributed by atoms with Gasteiger partial charge in [-0.1, -0.05) is 49.2 Å². The van der Waals surface area contributed by atoms with Gasteiger partial charge in [0.15, 0.2) is 0 Å². The molecule has 0 radical (unpaired) electrons. The van der Waals surface area contributed by atoms with E-state index in [0.29, 0.717) is 11.1 Å². The Labute approximate surface area is 228 Å². The number of tetrazole rings is 1. The molecular formula is C29H27F3N6O2. The molecule has 1 heterocycles. The normalized spacial score (nSPS) is 14.2. The molecule has 8 nitrogen and oxygen atoms in total. The predicted octanol–water partition coefficient (Wildman–Crippen LogP) is 4.59. The van der Waals surface area contributed by atoms with Gasteiger partial charge in [0.1, 0.15) is 30.0 Å². The summed E-state index contributed by atoms with van der Waals surface area (Å²) in [6, 6.07) is 15.7. The topological polar surface area (TPSA) is 93.0 Å². The van der Waals surface area contributed by atoms with Crippen molar-refractivity contribution in [3.8, 4) is 11.4 Å². The van der Waals surface area contributed by atoms with Crippen molar-refractivity contribution in [1.82, 2.24) is 30.4 Å². The van der Waals surface area contributed by atoms with Gasteiger partial charge in [-0.25, -0.2) is 13.2 Å². The number of carbonyl (C=O) groups excluding carboxylic acids is 2. The zero-order chi connectivity index (χ0) is 28.1. The van der Waals surface area contributed by atoms with Crippen LogP contribution in [0.5, 0.6) is 0 Å². The summed E-state index contributed by atoms with van der Waals surface area (Å²) in [7, 11) is 0. The van der Waals surface area contributed by atoms with E-state index in [1.54, 1.807) is 6.07 Å². The Morgan fingerprint density at radius 1 is 0.925 bits per heavy atom. The molecule has 1 N–H and O–H groups in total. The molecular weight excluding hydrogens is 521 g/mol. The van der Waals surface area contributed by atoms with Crippen molar-refractivity contribution in [2.45, 2.75) is 50.9 Å². The lowest BCUT2D eigenvalue weighted by Gasteiger charge is -2.32. The molecule has 1 aliphatic rings. The predicted molar refractivity (Wildman–Crippen MR) is 140 cm³/mol. The van der Waals surface area contributed by atoms with E-state index in [2.05, 4.69) is 20.7 Å². The summed E-state index contributed by atoms with van der Waals surface area (Å²) in [5.41, 5.74) is 1.12. The quantitative estimate of drug-likeness (QED) is 0.331. The van der Waals surface area contributed by atoms with Crippen LogP contribution in [-0.2, 0) is 22.7 Å². The van der Waals surface area contributed by atoms with E-state index in [-0.39, 0.29) is 24.0 Å². The number of hydrogen-bond acceptors (Lipinski definition) is 5. The standard InChI is InChI=1S/C29H27F3N6O2/c30-21-13-9-19(10-14-21)17-37(26(39)18-38-35-28(34-36-38)24-7-3-4-8-25(24)32)27(20-11-15-22(31)16-12-20)29(40)33-23-5-1-2-6-23/h3-4,7-16,23,27H,1-2,5-6,17-18H2,(H,33,40)/t27-/m0/s1. The molecule has 5 rings (SSSR count). The lowest BCUT2D eigenvalue weighted by atomic mass is 10.0. The van der Waals surface area contributed by atoms with E-state index in [9.17, 15) is 22.8 Å². The van der Waals surface area contributed by atoms with Gasteiger partial charge in [-0.3, -0.25) is 9.59 Å². The van der Waals surface area contributed by atoms with Crippen molar-refractivity contribution in [2.24, 2.45) is 0 Å². The van der Waals surface area contributed by atoms with Crippen LogP contribution < -0.4 is 5.32 Å². The average Bonchev–Trinajstić information content (AvgIpc) is 3.63. The number of nitrogens with zero attached hydrogens (tertiary/aromatic N) is 5. The Morgan fingerprint density at radius 3 is 2.25 bits per heavy atom. The van der Waals surface area contributed by atoms with Gasteiger partial charge in [0, 0.05) is 12.6 Å². The van der Waals surface area contributed by atoms with Crippen LogP contribution in [0.15, 0.2) is 72.8 Å². The van der Waals surface area contributed by atoms with Crippen molar-refractivity contribution in [2.75, 3.05) is 0 Å². The third-order valence-corrected chi connectivity index (χ3v) is 6.88. The summed E-state index contributed by atoms with van der Waals surface area (Å²) < 4.78 is 41.7. The van der Waals surface area contributed by atoms with Crippen LogP contribution in [0.1, 0.15) is 42.9 Å². The fraction of sp³-hybridized carbons (Fsp3) is 0.276. The van der Waals surface area contributed by atoms with E-state index < -0.39 is 41.9 Å². The van der Waals surface area contributed by atoms with E-state index in [0.717, 1.165) is 30.5 Å². The molecule has 206 valence electrons. The molecule has 40 heavy (non-hydrogen) atoms. The Hall–Kier alpha value is -4.54. The Morgan fingerprint density at radius 2 is 1.57 bits per heavy atom. The number of benzene rings is 3. The zero-order valence-electron chi connectivity index (χ0n) is 21.5. The van der Waals surface area contributed by atoms with Crippen molar-refractivity contribution >= 4 is 11.8 Å². The summed E-state index contributed by atoms with van der Waals surface area (Å²) >= 11 is 0. The molecule has 4 aromatic rings. The number of carbonyl (C=O) groups is 2. The van der Waals surface area contributed by atoms with Gasteiger partial charge in [-0.2, -0.15) is 4.80 Å². The maximum absolute atomic E-state index is 14.2. The summed E-state index contributed by atoms with van der Waals surface area (Å²) in [4.78, 5) is 29.9. The minimum absolute atomic E-state index is 0.00467. The highest BCUT2D eigenvalue weighted by molar-refractivity contribution is 5.89. The molecule has 0 aliphatic heterocycles. The third-order valence-electron chi connectivity index (χ3n) is 6.88. The van der Waals surface area contributed by atoms with Crippen LogP contribution in [0, 0.1) is 17.5 Å². The highest BCUT2D eigenvalue weighted by Gasteiger charge is 2.34. The smallest absolute Gasteiger partial charge is 0.247 e. The second-order valence-corrected chi connectivity index (χ2v) is 9.72. The largest absolute Gasteiger partial charge is 0.351 e. The van der Waals surface area contributed by atoms with Crippen LogP contribution in [0.25, 0.3) is 11.4 Å². The third kappa shape index (κ3) is 6.36. The molecule has 1 saturated carbocycles. The molecule has 1 fully saturated rings. The number of hydrogen-bond donors (Lipinski definition) is 1. The van der Waals surface area contributed by atoms with E-state index in [1.807, 2.05) is 0 Å². The van der Waals surface area contributed by atoms with Gasteiger partial charge in [0.25, 0.3) is 0 Å². The highest BCUT2D eigenvalue weighted by Crippen LogP contribution is 2.27. The second kappa shape index (κ2) is 12.1. The summed E-state index contributed by atoms with van der Waals surface area (Å²) in [5, 5.41) is 15.0. The number of halogens is 3. The van der Waals surface area contributed by atoms with Gasteiger partial charge in [0.05, 0.1) is 5.56 Å². The molecule has 11 heteroatoms. The lowest BCUT2D eigenvalue weighted by Crippen LogP contribution is -2.46. The minimum Gasteiger partial charge on any atom is -0.351 e. The number of rotatable bonds is 9. The first-order valence-corrected chi connectivity index (χ1v) is 13.0. The van der Waals surface area contributed by atoms with Gasteiger partial charge in [-0.05, 0) is 65.6 Å². The Balaban J connectivity index is 1.48. The summed E-state index contributed by atoms with van der Waals surface area (Å²) in [6.07, 6.45) is 3.64. The molecule has 0 spiro atoms. The van der Waals surface area contributed by atoms with Gasteiger partial charge in [-0.15, -0.1) is 10.2 Å². The average molecular weight is 549 g/mol. The summed E-state index contributed by atoms with van der Waals surface area (Å²) in [6.45, 7) is -0.453. The first kappa shape index (κ1) is 27.0. The molecule has 1 atom stereocenters. The van der Waals surface area contributed by atoms with Crippen molar-refractivity contribution in [1.29, 1.82) is 0 Å². The maximum atomic E-state index is 14.2. The number of aromatic nitrogens is 4. The Kier molecular flexibility index (Phi) is 8.18. The Bertz CT molecular complexity index is 1470. The van der Waals surface area contributed by atoms with Crippen LogP contribution in [0.2, 0.25) is 0 Å². The lowest BCUT2D eigenvalue weighted by molar-refractivity contribution is -0.142. The fourth-order valence-electron chi connectivity index (χ4n) is 4.85. The molecule has 2 amide bonds. The van der Waals surface area contributed by atoms with Crippen molar-refractivity contribution in [3.63, 3.8) is 0 Å². The fourth-order valence-corrected chi connectivity index (χ4v) is 4.85. The summed E-state index contributed by atoms with van der Waals surface area (Å²) in [5.74, 6) is -2.41. The molecule has 1 aromatic heterocycles. The van der Waals surface area contributed by atoms with Gasteiger partial charge >= 0.3 is 0 Å². The van der Waals surface area contributed by atoms with Crippen LogP contribution in [0.3, 0.4) is 0 Å². The molecule has 0 bridgehead atoms. The molecule has 1 aliphatic carbocycles. The molecule has 3 aromatic carbocycles. The van der Waals surface area contributed by atoms with Crippen molar-refractivity contribution in [3.05, 3.63) is 101 Å². The van der Waals surface area contributed by atoms with Crippen LogP contribution in [-0.4, -0.2) is 43.0 Å². The SMILES string of the molecule is O=C(NC1CCCC1)[C@H](c1ccc(F)cc1)N(Cc1ccc(F)cc1)C(=O)Cn1nnc(-c2ccccc2F)n1. The molecule has 0 unspecified atom stereocenters. The zero-order valence-corrected chi connectivity index (χ0v) is 21.5. The van der Waals surface area contributed by atoms with E-state index in [4.69, 9.17) is 0 Å². The minimum atomic E-state index is -1.12. The van der Waals surface area contributed by atoms with E-state index in [1.165, 1.54) is 71.6 Å². The van der Waals surface area contributed by atoms with Crippen molar-refractivity contribution < 1.29 is 22.8 Å². The van der Waals surface area contributed by atoms with E-state index >= 15 is 0 Å².